The highest BCUT2D eigenvalue weighted by Gasteiger charge is 2.07. The third-order valence-corrected chi connectivity index (χ3v) is 3.60. The van der Waals surface area contributed by atoms with Crippen molar-refractivity contribution in [2.24, 2.45) is 0 Å². The van der Waals surface area contributed by atoms with Crippen LogP contribution in [0.1, 0.15) is 12.5 Å². The third-order valence-electron chi connectivity index (χ3n) is 3.60. The number of carbonyl (C=O) groups is 2. The van der Waals surface area contributed by atoms with Crippen LogP contribution in [0.2, 0.25) is 0 Å². The highest BCUT2D eigenvalue weighted by atomic mass is 16.5. The Bertz CT molecular complexity index is 847. The van der Waals surface area contributed by atoms with E-state index in [9.17, 15) is 9.59 Å². The van der Waals surface area contributed by atoms with E-state index < -0.39 is 18.5 Å². The van der Waals surface area contributed by atoms with Crippen LogP contribution >= 0.6 is 0 Å². The first-order chi connectivity index (χ1) is 13.5. The molecule has 2 aromatic rings. The first-order valence-corrected chi connectivity index (χ1v) is 8.65. The number of rotatable bonds is 9. The van der Waals surface area contributed by atoms with Crippen molar-refractivity contribution in [1.29, 1.82) is 0 Å². The van der Waals surface area contributed by atoms with Crippen LogP contribution in [0.4, 0.5) is 5.69 Å². The van der Waals surface area contributed by atoms with Gasteiger partial charge in [0.25, 0.3) is 5.91 Å². The van der Waals surface area contributed by atoms with Gasteiger partial charge in [-0.1, -0.05) is 12.1 Å². The smallest absolute Gasteiger partial charge is 0.331 e. The molecule has 0 aliphatic rings. The normalized spacial score (nSPS) is 10.4. The number of carbonyl (C=O) groups excluding carboxylic acids is 2. The van der Waals surface area contributed by atoms with Crippen molar-refractivity contribution in [2.75, 3.05) is 32.8 Å². The van der Waals surface area contributed by atoms with Gasteiger partial charge in [-0.05, 0) is 42.8 Å². The summed E-state index contributed by atoms with van der Waals surface area (Å²) in [6.07, 6.45) is 2.81. The third kappa shape index (κ3) is 6.35. The average Bonchev–Trinajstić information content (AvgIpc) is 2.71. The summed E-state index contributed by atoms with van der Waals surface area (Å²) in [5, 5.41) is 2.63. The van der Waals surface area contributed by atoms with Crippen molar-refractivity contribution in [1.82, 2.24) is 0 Å². The largest absolute Gasteiger partial charge is 0.497 e. The summed E-state index contributed by atoms with van der Waals surface area (Å²) < 4.78 is 20.7. The lowest BCUT2D eigenvalue weighted by atomic mass is 10.2. The molecule has 7 heteroatoms. The van der Waals surface area contributed by atoms with Crippen LogP contribution in [0.3, 0.4) is 0 Å². The Morgan fingerprint density at radius 3 is 2.57 bits per heavy atom. The Balaban J connectivity index is 1.86. The molecule has 0 saturated carbocycles. The second-order valence-corrected chi connectivity index (χ2v) is 5.56. The summed E-state index contributed by atoms with van der Waals surface area (Å²) in [4.78, 5) is 23.7. The number of esters is 1. The molecule has 0 bridgehead atoms. The Morgan fingerprint density at radius 1 is 1.04 bits per heavy atom. The SMILES string of the molecule is CCOc1ccc(/C=C/C(=O)OCC(=O)Nc2cccc(OC)c2)cc1OC. The lowest BCUT2D eigenvalue weighted by Gasteiger charge is -2.09. The monoisotopic (exact) mass is 385 g/mol. The average molecular weight is 385 g/mol. The van der Waals surface area contributed by atoms with Gasteiger partial charge in [0.15, 0.2) is 18.1 Å². The molecule has 0 unspecified atom stereocenters. The van der Waals surface area contributed by atoms with Crippen molar-refractivity contribution < 1.29 is 28.5 Å². The van der Waals surface area contributed by atoms with Crippen LogP contribution < -0.4 is 19.5 Å². The van der Waals surface area contributed by atoms with E-state index in [0.29, 0.717) is 29.5 Å². The zero-order chi connectivity index (χ0) is 20.4. The van der Waals surface area contributed by atoms with E-state index >= 15 is 0 Å². The van der Waals surface area contributed by atoms with Crippen LogP contribution in [-0.4, -0.2) is 39.3 Å². The fourth-order valence-electron chi connectivity index (χ4n) is 2.31. The highest BCUT2D eigenvalue weighted by Crippen LogP contribution is 2.28. The predicted molar refractivity (Wildman–Crippen MR) is 106 cm³/mol. The second kappa shape index (κ2) is 10.6. The minimum absolute atomic E-state index is 0.396. The van der Waals surface area contributed by atoms with E-state index in [1.165, 1.54) is 13.2 Å². The van der Waals surface area contributed by atoms with Gasteiger partial charge in [0.05, 0.1) is 20.8 Å². The van der Waals surface area contributed by atoms with E-state index in [1.807, 2.05) is 6.92 Å². The molecular formula is C21H23NO6. The fraction of sp³-hybridized carbons (Fsp3) is 0.238. The molecule has 0 aliphatic heterocycles. The highest BCUT2D eigenvalue weighted by molar-refractivity contribution is 5.94. The number of amides is 1. The summed E-state index contributed by atoms with van der Waals surface area (Å²) in [6, 6.07) is 12.2. The molecule has 0 radical (unpaired) electrons. The summed E-state index contributed by atoms with van der Waals surface area (Å²) >= 11 is 0. The second-order valence-electron chi connectivity index (χ2n) is 5.56. The van der Waals surface area contributed by atoms with E-state index in [4.69, 9.17) is 18.9 Å². The van der Waals surface area contributed by atoms with Crippen LogP contribution in [0, 0.1) is 0 Å². The molecule has 0 aromatic heterocycles. The maximum Gasteiger partial charge on any atom is 0.331 e. The summed E-state index contributed by atoms with van der Waals surface area (Å²) in [5.41, 5.74) is 1.29. The fourth-order valence-corrected chi connectivity index (χ4v) is 2.31. The van der Waals surface area contributed by atoms with E-state index in [2.05, 4.69) is 5.32 Å². The van der Waals surface area contributed by atoms with Crippen molar-refractivity contribution in [2.45, 2.75) is 6.92 Å². The topological polar surface area (TPSA) is 83.1 Å². The molecule has 0 fully saturated rings. The standard InChI is InChI=1S/C21H23NO6/c1-4-27-18-10-8-15(12-19(18)26-3)9-11-21(24)28-14-20(23)22-16-6-5-7-17(13-16)25-2/h5-13H,4,14H2,1-3H3,(H,22,23)/b11-9+. The lowest BCUT2D eigenvalue weighted by Crippen LogP contribution is -2.20. The van der Waals surface area contributed by atoms with Gasteiger partial charge >= 0.3 is 5.97 Å². The van der Waals surface area contributed by atoms with Crippen LogP contribution in [0.25, 0.3) is 6.08 Å². The number of benzene rings is 2. The van der Waals surface area contributed by atoms with Gasteiger partial charge in [-0.15, -0.1) is 0 Å². The van der Waals surface area contributed by atoms with Crippen LogP contribution in [0.5, 0.6) is 17.2 Å². The summed E-state index contributed by atoms with van der Waals surface area (Å²) in [5.74, 6) is 0.726. The van der Waals surface area contributed by atoms with Gasteiger partial charge in [0, 0.05) is 17.8 Å². The Hall–Kier alpha value is -3.48. The van der Waals surface area contributed by atoms with Crippen LogP contribution in [0.15, 0.2) is 48.5 Å². The molecule has 28 heavy (non-hydrogen) atoms. The zero-order valence-corrected chi connectivity index (χ0v) is 16.1. The molecule has 2 rings (SSSR count). The molecular weight excluding hydrogens is 362 g/mol. The zero-order valence-electron chi connectivity index (χ0n) is 16.1. The lowest BCUT2D eigenvalue weighted by molar-refractivity contribution is -0.142. The molecule has 0 heterocycles. The number of methoxy groups -OCH3 is 2. The quantitative estimate of drug-likeness (QED) is 0.527. The van der Waals surface area contributed by atoms with E-state index in [1.54, 1.807) is 55.7 Å². The summed E-state index contributed by atoms with van der Waals surface area (Å²) in [6.45, 7) is 2.01. The van der Waals surface area contributed by atoms with Gasteiger partial charge in [0.2, 0.25) is 0 Å². The number of hydrogen-bond acceptors (Lipinski definition) is 6. The first-order valence-electron chi connectivity index (χ1n) is 8.65. The van der Waals surface area contributed by atoms with E-state index in [-0.39, 0.29) is 0 Å². The van der Waals surface area contributed by atoms with Gasteiger partial charge in [-0.3, -0.25) is 4.79 Å². The van der Waals surface area contributed by atoms with Crippen molar-refractivity contribution in [3.05, 3.63) is 54.1 Å². The first kappa shape index (κ1) is 20.8. The molecule has 1 N–H and O–H groups in total. The van der Waals surface area contributed by atoms with Crippen LogP contribution in [-0.2, 0) is 14.3 Å². The maximum atomic E-state index is 11.9. The predicted octanol–water partition coefficient (Wildman–Crippen LogP) is 3.30. The van der Waals surface area contributed by atoms with Gasteiger partial charge in [-0.25, -0.2) is 4.79 Å². The van der Waals surface area contributed by atoms with Gasteiger partial charge in [0.1, 0.15) is 5.75 Å². The molecule has 7 nitrogen and oxygen atoms in total. The molecule has 1 amide bonds. The Kier molecular flexibility index (Phi) is 7.90. The minimum atomic E-state index is -0.631. The molecule has 0 aliphatic carbocycles. The summed E-state index contributed by atoms with van der Waals surface area (Å²) in [7, 11) is 3.08. The van der Waals surface area contributed by atoms with Crippen molar-refractivity contribution >= 4 is 23.6 Å². The van der Waals surface area contributed by atoms with Gasteiger partial charge < -0.3 is 24.3 Å². The van der Waals surface area contributed by atoms with Crippen molar-refractivity contribution in [3.63, 3.8) is 0 Å². The number of anilines is 1. The maximum absolute atomic E-state index is 11.9. The molecule has 2 aromatic carbocycles. The minimum Gasteiger partial charge on any atom is -0.497 e. The molecule has 0 atom stereocenters. The molecule has 148 valence electrons. The molecule has 0 spiro atoms. The van der Waals surface area contributed by atoms with E-state index in [0.717, 1.165) is 5.56 Å². The van der Waals surface area contributed by atoms with Gasteiger partial charge in [-0.2, -0.15) is 0 Å². The Morgan fingerprint density at radius 2 is 1.86 bits per heavy atom. The van der Waals surface area contributed by atoms with Crippen molar-refractivity contribution in [3.8, 4) is 17.2 Å². The number of ether oxygens (including phenoxy) is 4. The number of nitrogens with one attached hydrogen (secondary N) is 1. The molecule has 0 saturated heterocycles. The number of hydrogen-bond donors (Lipinski definition) is 1. The Labute approximate surface area is 163 Å².